The summed E-state index contributed by atoms with van der Waals surface area (Å²) in [5.41, 5.74) is 0.486. The third-order valence-electron chi connectivity index (χ3n) is 4.43. The summed E-state index contributed by atoms with van der Waals surface area (Å²) in [6, 6.07) is 0.554. The molecule has 19 heavy (non-hydrogen) atoms. The zero-order chi connectivity index (χ0) is 12.4. The average molecular weight is 286 g/mol. The summed E-state index contributed by atoms with van der Waals surface area (Å²) >= 11 is 0. The lowest BCUT2D eigenvalue weighted by molar-refractivity contribution is 0.127. The highest BCUT2D eigenvalue weighted by Crippen LogP contribution is 2.28. The lowest BCUT2D eigenvalue weighted by atomic mass is 9.88. The molecule has 0 bridgehead atoms. The van der Waals surface area contributed by atoms with E-state index in [9.17, 15) is 0 Å². The van der Waals surface area contributed by atoms with Crippen LogP contribution in [0.2, 0.25) is 0 Å². The standard InChI is InChI=1S/C13H23N5.ClH/c1-13(4-5-14-8-13)9-17-6-2-12(3-7-17)18-11-15-10-16-18;/h10-12,14H,2-9H2,1H3;1H. The SMILES string of the molecule is CC1(CN2CCC(n3cncn3)CC2)CCNC1.Cl. The van der Waals surface area contributed by atoms with Gasteiger partial charge in [0.25, 0.3) is 0 Å². The van der Waals surface area contributed by atoms with Crippen LogP contribution in [0.4, 0.5) is 0 Å². The maximum absolute atomic E-state index is 4.26. The molecule has 3 heterocycles. The lowest BCUT2D eigenvalue weighted by Gasteiger charge is -2.36. The van der Waals surface area contributed by atoms with Gasteiger partial charge in [-0.3, -0.25) is 0 Å². The summed E-state index contributed by atoms with van der Waals surface area (Å²) in [4.78, 5) is 6.67. The molecule has 1 unspecified atom stereocenters. The Labute approximate surface area is 121 Å². The lowest BCUT2D eigenvalue weighted by Crippen LogP contribution is -2.42. The van der Waals surface area contributed by atoms with E-state index in [0.29, 0.717) is 11.5 Å². The van der Waals surface area contributed by atoms with E-state index in [1.807, 2.05) is 11.0 Å². The molecule has 108 valence electrons. The number of hydrogen-bond donors (Lipinski definition) is 1. The average Bonchev–Trinajstić information content (AvgIpc) is 3.02. The van der Waals surface area contributed by atoms with Crippen LogP contribution in [0, 0.1) is 5.41 Å². The molecule has 2 aliphatic rings. The molecule has 0 radical (unpaired) electrons. The Morgan fingerprint density at radius 1 is 1.37 bits per heavy atom. The molecule has 0 aliphatic carbocycles. The molecule has 3 rings (SSSR count). The van der Waals surface area contributed by atoms with E-state index in [-0.39, 0.29) is 12.4 Å². The van der Waals surface area contributed by atoms with Gasteiger partial charge in [-0.05, 0) is 31.2 Å². The van der Waals surface area contributed by atoms with Crippen molar-refractivity contribution in [1.29, 1.82) is 0 Å². The molecule has 0 aromatic carbocycles. The van der Waals surface area contributed by atoms with E-state index >= 15 is 0 Å². The molecule has 0 saturated carbocycles. The normalized spacial score (nSPS) is 29.3. The van der Waals surface area contributed by atoms with Crippen molar-refractivity contribution >= 4 is 12.4 Å². The maximum Gasteiger partial charge on any atom is 0.137 e. The van der Waals surface area contributed by atoms with Gasteiger partial charge in [0.15, 0.2) is 0 Å². The van der Waals surface area contributed by atoms with Crippen molar-refractivity contribution in [2.75, 3.05) is 32.7 Å². The van der Waals surface area contributed by atoms with Gasteiger partial charge in [0, 0.05) is 26.2 Å². The van der Waals surface area contributed by atoms with Crippen LogP contribution in [0.1, 0.15) is 32.2 Å². The van der Waals surface area contributed by atoms with Gasteiger partial charge in [-0.15, -0.1) is 12.4 Å². The summed E-state index contributed by atoms with van der Waals surface area (Å²) in [5.74, 6) is 0. The zero-order valence-electron chi connectivity index (χ0n) is 11.6. The minimum Gasteiger partial charge on any atom is -0.316 e. The van der Waals surface area contributed by atoms with Gasteiger partial charge in [0.05, 0.1) is 6.04 Å². The van der Waals surface area contributed by atoms with E-state index in [1.165, 1.54) is 52.0 Å². The topological polar surface area (TPSA) is 46.0 Å². The van der Waals surface area contributed by atoms with Gasteiger partial charge in [-0.1, -0.05) is 6.92 Å². The number of hydrogen-bond acceptors (Lipinski definition) is 4. The first-order valence-corrected chi connectivity index (χ1v) is 7.02. The molecular weight excluding hydrogens is 262 g/mol. The summed E-state index contributed by atoms with van der Waals surface area (Å²) in [6.45, 7) is 8.41. The van der Waals surface area contributed by atoms with Crippen LogP contribution < -0.4 is 5.32 Å². The molecule has 0 amide bonds. The molecule has 5 nitrogen and oxygen atoms in total. The van der Waals surface area contributed by atoms with Crippen molar-refractivity contribution in [2.24, 2.45) is 5.41 Å². The molecule has 1 N–H and O–H groups in total. The highest BCUT2D eigenvalue weighted by Gasteiger charge is 2.32. The van der Waals surface area contributed by atoms with Crippen LogP contribution >= 0.6 is 12.4 Å². The first-order valence-electron chi connectivity index (χ1n) is 7.02. The first-order chi connectivity index (χ1) is 8.75. The molecule has 2 aliphatic heterocycles. The first kappa shape index (κ1) is 14.8. The van der Waals surface area contributed by atoms with E-state index in [2.05, 4.69) is 27.2 Å². The van der Waals surface area contributed by atoms with Crippen molar-refractivity contribution < 1.29 is 0 Å². The van der Waals surface area contributed by atoms with Gasteiger partial charge < -0.3 is 10.2 Å². The molecule has 1 atom stereocenters. The Bertz CT molecular complexity index is 366. The van der Waals surface area contributed by atoms with Crippen LogP contribution in [0.5, 0.6) is 0 Å². The van der Waals surface area contributed by atoms with E-state index < -0.39 is 0 Å². The van der Waals surface area contributed by atoms with Crippen LogP contribution in [0.25, 0.3) is 0 Å². The highest BCUT2D eigenvalue weighted by molar-refractivity contribution is 5.85. The number of nitrogens with one attached hydrogen (secondary N) is 1. The largest absolute Gasteiger partial charge is 0.316 e. The molecular formula is C13H24ClN5. The predicted octanol–water partition coefficient (Wildman–Crippen LogP) is 1.34. The Hall–Kier alpha value is -0.650. The Morgan fingerprint density at radius 2 is 2.16 bits per heavy atom. The number of aromatic nitrogens is 3. The Balaban J connectivity index is 0.00000133. The van der Waals surface area contributed by atoms with E-state index in [4.69, 9.17) is 0 Å². The Kier molecular flexibility index (Phi) is 4.81. The monoisotopic (exact) mass is 285 g/mol. The van der Waals surface area contributed by atoms with Gasteiger partial charge >= 0.3 is 0 Å². The second-order valence-corrected chi connectivity index (χ2v) is 6.12. The molecule has 2 fully saturated rings. The number of rotatable bonds is 3. The third-order valence-corrected chi connectivity index (χ3v) is 4.43. The molecule has 1 aromatic heterocycles. The fraction of sp³-hybridized carbons (Fsp3) is 0.846. The smallest absolute Gasteiger partial charge is 0.137 e. The summed E-state index contributed by atoms with van der Waals surface area (Å²) < 4.78 is 2.02. The minimum atomic E-state index is 0. The van der Waals surface area contributed by atoms with Crippen molar-refractivity contribution in [3.8, 4) is 0 Å². The molecule has 1 aromatic rings. The predicted molar refractivity (Wildman–Crippen MR) is 77.6 cm³/mol. The summed E-state index contributed by atoms with van der Waals surface area (Å²) in [5, 5.41) is 7.74. The fourth-order valence-electron chi connectivity index (χ4n) is 3.29. The van der Waals surface area contributed by atoms with Crippen LogP contribution in [0.3, 0.4) is 0 Å². The fourth-order valence-corrected chi connectivity index (χ4v) is 3.29. The molecule has 0 spiro atoms. The quantitative estimate of drug-likeness (QED) is 0.910. The second kappa shape index (κ2) is 6.20. The number of nitrogens with zero attached hydrogens (tertiary/aromatic N) is 4. The van der Waals surface area contributed by atoms with Crippen LogP contribution in [0.15, 0.2) is 12.7 Å². The minimum absolute atomic E-state index is 0. The number of halogens is 1. The van der Waals surface area contributed by atoms with Crippen molar-refractivity contribution in [3.63, 3.8) is 0 Å². The van der Waals surface area contributed by atoms with Gasteiger partial charge in [0.2, 0.25) is 0 Å². The Morgan fingerprint density at radius 3 is 2.74 bits per heavy atom. The molecule has 2 saturated heterocycles. The maximum atomic E-state index is 4.26. The summed E-state index contributed by atoms with van der Waals surface area (Å²) in [6.07, 6.45) is 7.20. The third kappa shape index (κ3) is 3.46. The summed E-state index contributed by atoms with van der Waals surface area (Å²) in [7, 11) is 0. The van der Waals surface area contributed by atoms with Crippen LogP contribution in [-0.2, 0) is 0 Å². The zero-order valence-corrected chi connectivity index (χ0v) is 12.4. The van der Waals surface area contributed by atoms with Crippen molar-refractivity contribution in [1.82, 2.24) is 25.0 Å². The highest BCUT2D eigenvalue weighted by atomic mass is 35.5. The second-order valence-electron chi connectivity index (χ2n) is 6.12. The van der Waals surface area contributed by atoms with Gasteiger partial charge in [-0.25, -0.2) is 9.67 Å². The number of piperidine rings is 1. The van der Waals surface area contributed by atoms with E-state index in [0.717, 1.165) is 0 Å². The van der Waals surface area contributed by atoms with Crippen molar-refractivity contribution in [3.05, 3.63) is 12.7 Å². The van der Waals surface area contributed by atoms with Gasteiger partial charge in [-0.2, -0.15) is 5.10 Å². The van der Waals surface area contributed by atoms with E-state index in [1.54, 1.807) is 6.33 Å². The van der Waals surface area contributed by atoms with Crippen molar-refractivity contribution in [2.45, 2.75) is 32.2 Å². The van der Waals surface area contributed by atoms with Crippen LogP contribution in [-0.4, -0.2) is 52.4 Å². The number of likely N-dealkylation sites (tertiary alicyclic amines) is 1. The van der Waals surface area contributed by atoms with Gasteiger partial charge in [0.1, 0.15) is 12.7 Å². The molecule has 6 heteroatoms.